The molecule has 0 fully saturated rings. The molecule has 0 aromatic carbocycles. The highest BCUT2D eigenvalue weighted by atomic mass is 15.3. The summed E-state index contributed by atoms with van der Waals surface area (Å²) >= 11 is 0. The highest BCUT2D eigenvalue weighted by Crippen LogP contribution is 2.09. The third-order valence-electron chi connectivity index (χ3n) is 1.16. The van der Waals surface area contributed by atoms with Gasteiger partial charge in [0.1, 0.15) is 0 Å². The summed E-state index contributed by atoms with van der Waals surface area (Å²) < 4.78 is 0. The SMILES string of the molecule is C=CC(C)=NNCC(C)(C)C. The standard InChI is InChI=1S/C9H18N2/c1-6-8(2)11-10-7-9(3,4)5/h6,10H,1,7H2,2-5H3. The zero-order valence-electron chi connectivity index (χ0n) is 7.94. The van der Waals surface area contributed by atoms with Crippen molar-refractivity contribution in [3.63, 3.8) is 0 Å². The Kier molecular flexibility index (Phi) is 3.86. The zero-order chi connectivity index (χ0) is 8.91. The summed E-state index contributed by atoms with van der Waals surface area (Å²) in [5.41, 5.74) is 4.20. The van der Waals surface area contributed by atoms with Crippen LogP contribution in [0.4, 0.5) is 0 Å². The Hall–Kier alpha value is -0.790. The first-order valence-electron chi connectivity index (χ1n) is 3.85. The van der Waals surface area contributed by atoms with E-state index in [2.05, 4.69) is 37.9 Å². The number of nitrogens with one attached hydrogen (secondary N) is 1. The number of hydrazone groups is 1. The molecule has 0 rings (SSSR count). The molecule has 0 unspecified atom stereocenters. The van der Waals surface area contributed by atoms with Crippen LogP contribution in [0.3, 0.4) is 0 Å². The lowest BCUT2D eigenvalue weighted by Gasteiger charge is -2.16. The van der Waals surface area contributed by atoms with E-state index < -0.39 is 0 Å². The molecule has 0 aliphatic carbocycles. The maximum absolute atomic E-state index is 4.08. The number of hydrogen-bond donors (Lipinski definition) is 1. The molecule has 0 aliphatic rings. The quantitative estimate of drug-likeness (QED) is 0.489. The van der Waals surface area contributed by atoms with Crippen molar-refractivity contribution in [3.05, 3.63) is 12.7 Å². The number of rotatable bonds is 3. The number of hydrogen-bond acceptors (Lipinski definition) is 2. The second kappa shape index (κ2) is 4.16. The second-order valence-electron chi connectivity index (χ2n) is 3.85. The Morgan fingerprint density at radius 1 is 1.55 bits per heavy atom. The van der Waals surface area contributed by atoms with Crippen molar-refractivity contribution in [1.82, 2.24) is 5.43 Å². The van der Waals surface area contributed by atoms with Crippen LogP contribution in [0, 0.1) is 5.41 Å². The molecular formula is C9H18N2. The van der Waals surface area contributed by atoms with Crippen LogP contribution >= 0.6 is 0 Å². The van der Waals surface area contributed by atoms with Crippen LogP contribution in [0.15, 0.2) is 17.8 Å². The molecule has 64 valence electrons. The third-order valence-corrected chi connectivity index (χ3v) is 1.16. The van der Waals surface area contributed by atoms with Gasteiger partial charge < -0.3 is 5.43 Å². The Morgan fingerprint density at radius 3 is 2.45 bits per heavy atom. The summed E-state index contributed by atoms with van der Waals surface area (Å²) in [5.74, 6) is 0. The summed E-state index contributed by atoms with van der Waals surface area (Å²) in [7, 11) is 0. The lowest BCUT2D eigenvalue weighted by Crippen LogP contribution is -2.23. The minimum Gasteiger partial charge on any atom is -0.309 e. The van der Waals surface area contributed by atoms with Gasteiger partial charge >= 0.3 is 0 Å². The monoisotopic (exact) mass is 154 g/mol. The van der Waals surface area contributed by atoms with Crippen molar-refractivity contribution in [2.24, 2.45) is 10.5 Å². The van der Waals surface area contributed by atoms with E-state index in [4.69, 9.17) is 0 Å². The van der Waals surface area contributed by atoms with Crippen molar-refractivity contribution in [3.8, 4) is 0 Å². The Labute approximate surface area is 69.4 Å². The number of allylic oxidation sites excluding steroid dienone is 1. The molecule has 0 bridgehead atoms. The largest absolute Gasteiger partial charge is 0.309 e. The van der Waals surface area contributed by atoms with E-state index in [1.807, 2.05) is 6.92 Å². The van der Waals surface area contributed by atoms with Crippen molar-refractivity contribution in [2.45, 2.75) is 27.7 Å². The average Bonchev–Trinajstić information content (AvgIpc) is 1.85. The first kappa shape index (κ1) is 10.2. The Balaban J connectivity index is 3.65. The van der Waals surface area contributed by atoms with Gasteiger partial charge in [-0.3, -0.25) is 0 Å². The van der Waals surface area contributed by atoms with E-state index >= 15 is 0 Å². The fourth-order valence-electron chi connectivity index (χ4n) is 0.447. The van der Waals surface area contributed by atoms with E-state index in [-0.39, 0.29) is 5.41 Å². The predicted molar refractivity (Wildman–Crippen MR) is 50.8 cm³/mol. The molecule has 0 saturated heterocycles. The van der Waals surface area contributed by atoms with Gasteiger partial charge in [0.15, 0.2) is 0 Å². The van der Waals surface area contributed by atoms with Crippen molar-refractivity contribution < 1.29 is 0 Å². The molecule has 0 aliphatic heterocycles. The van der Waals surface area contributed by atoms with Crippen LogP contribution in [-0.2, 0) is 0 Å². The van der Waals surface area contributed by atoms with Gasteiger partial charge in [-0.05, 0) is 18.4 Å². The lowest BCUT2D eigenvalue weighted by atomic mass is 9.98. The minimum atomic E-state index is 0.283. The molecule has 0 heterocycles. The fraction of sp³-hybridized carbons (Fsp3) is 0.667. The molecule has 0 spiro atoms. The van der Waals surface area contributed by atoms with E-state index in [0.29, 0.717) is 0 Å². The molecule has 0 aromatic rings. The average molecular weight is 154 g/mol. The van der Waals surface area contributed by atoms with Crippen LogP contribution in [0.2, 0.25) is 0 Å². The molecule has 0 atom stereocenters. The molecule has 0 saturated carbocycles. The minimum absolute atomic E-state index is 0.283. The lowest BCUT2D eigenvalue weighted by molar-refractivity contribution is 0.385. The predicted octanol–water partition coefficient (Wildman–Crippen LogP) is 2.18. The summed E-state index contributed by atoms with van der Waals surface area (Å²) in [5, 5.41) is 4.08. The molecule has 0 amide bonds. The molecule has 0 aromatic heterocycles. The molecule has 1 N–H and O–H groups in total. The van der Waals surface area contributed by atoms with Gasteiger partial charge in [0.25, 0.3) is 0 Å². The van der Waals surface area contributed by atoms with Gasteiger partial charge in [-0.2, -0.15) is 5.10 Å². The summed E-state index contributed by atoms with van der Waals surface area (Å²) in [6.07, 6.45) is 1.73. The van der Waals surface area contributed by atoms with E-state index in [1.165, 1.54) is 0 Å². The van der Waals surface area contributed by atoms with Crippen LogP contribution < -0.4 is 5.43 Å². The first-order chi connectivity index (χ1) is 4.95. The van der Waals surface area contributed by atoms with Crippen LogP contribution in [0.1, 0.15) is 27.7 Å². The summed E-state index contributed by atoms with van der Waals surface area (Å²) in [4.78, 5) is 0. The Morgan fingerprint density at radius 2 is 2.09 bits per heavy atom. The van der Waals surface area contributed by atoms with Crippen LogP contribution in [-0.4, -0.2) is 12.3 Å². The molecule has 11 heavy (non-hydrogen) atoms. The zero-order valence-corrected chi connectivity index (χ0v) is 7.94. The first-order valence-corrected chi connectivity index (χ1v) is 3.85. The van der Waals surface area contributed by atoms with Gasteiger partial charge in [0.2, 0.25) is 0 Å². The van der Waals surface area contributed by atoms with Gasteiger partial charge in [0, 0.05) is 6.54 Å². The second-order valence-corrected chi connectivity index (χ2v) is 3.85. The van der Waals surface area contributed by atoms with Crippen LogP contribution in [0.5, 0.6) is 0 Å². The van der Waals surface area contributed by atoms with E-state index in [9.17, 15) is 0 Å². The fourth-order valence-corrected chi connectivity index (χ4v) is 0.447. The van der Waals surface area contributed by atoms with Gasteiger partial charge in [-0.25, -0.2) is 0 Å². The van der Waals surface area contributed by atoms with Crippen molar-refractivity contribution in [2.75, 3.05) is 6.54 Å². The number of nitrogens with zero attached hydrogens (tertiary/aromatic N) is 1. The maximum Gasteiger partial charge on any atom is 0.0566 e. The highest BCUT2D eigenvalue weighted by Gasteiger charge is 2.07. The molecule has 2 nitrogen and oxygen atoms in total. The Bertz CT molecular complexity index is 151. The normalized spacial score (nSPS) is 12.9. The van der Waals surface area contributed by atoms with Crippen LogP contribution in [0.25, 0.3) is 0 Å². The third kappa shape index (κ3) is 7.10. The molecule has 2 heteroatoms. The van der Waals surface area contributed by atoms with Gasteiger partial charge in [-0.15, -0.1) is 0 Å². The summed E-state index contributed by atoms with van der Waals surface area (Å²) in [6.45, 7) is 12.9. The molecular weight excluding hydrogens is 136 g/mol. The smallest absolute Gasteiger partial charge is 0.0566 e. The topological polar surface area (TPSA) is 24.4 Å². The van der Waals surface area contributed by atoms with Gasteiger partial charge in [-0.1, -0.05) is 27.4 Å². The van der Waals surface area contributed by atoms with Gasteiger partial charge in [0.05, 0.1) is 5.71 Å². The van der Waals surface area contributed by atoms with Crippen molar-refractivity contribution >= 4 is 5.71 Å². The summed E-state index contributed by atoms with van der Waals surface area (Å²) in [6, 6.07) is 0. The maximum atomic E-state index is 4.08. The van der Waals surface area contributed by atoms with Crippen molar-refractivity contribution in [1.29, 1.82) is 0 Å². The van der Waals surface area contributed by atoms with E-state index in [1.54, 1.807) is 6.08 Å². The van der Waals surface area contributed by atoms with E-state index in [0.717, 1.165) is 12.3 Å². The molecule has 0 radical (unpaired) electrons. The highest BCUT2D eigenvalue weighted by molar-refractivity contribution is 5.91.